The van der Waals surface area contributed by atoms with E-state index in [1.165, 1.54) is 0 Å². The van der Waals surface area contributed by atoms with Gasteiger partial charge in [0.15, 0.2) is 0 Å². The second-order valence-electron chi connectivity index (χ2n) is 5.43. The zero-order valence-electron chi connectivity index (χ0n) is 13.3. The van der Waals surface area contributed by atoms with Crippen LogP contribution in [0.4, 0.5) is 0 Å². The van der Waals surface area contributed by atoms with E-state index in [2.05, 4.69) is 15.6 Å². The van der Waals surface area contributed by atoms with Crippen molar-refractivity contribution in [3.63, 3.8) is 0 Å². The molecule has 1 heterocycles. The van der Waals surface area contributed by atoms with Gasteiger partial charge in [0, 0.05) is 18.2 Å². The Hall–Kier alpha value is -2.99. The summed E-state index contributed by atoms with van der Waals surface area (Å²) in [6, 6.07) is 15.0. The first-order chi connectivity index (χ1) is 11.7. The molecule has 0 atom stereocenters. The topological polar surface area (TPSA) is 80.0 Å². The number of carbonyl (C=O) groups excluding carboxylic acids is 1. The fourth-order valence-corrected chi connectivity index (χ4v) is 2.38. The molecule has 2 aromatic carbocycles. The highest BCUT2D eigenvalue weighted by Gasteiger charge is 2.06. The summed E-state index contributed by atoms with van der Waals surface area (Å²) < 4.78 is 1.75. The summed E-state index contributed by atoms with van der Waals surface area (Å²) in [6.45, 7) is 0.606. The van der Waals surface area contributed by atoms with Gasteiger partial charge in [0.05, 0.1) is 19.3 Å². The summed E-state index contributed by atoms with van der Waals surface area (Å²) in [5.41, 5.74) is 4.26. The molecular formula is C18H18N4O2. The third-order valence-electron chi connectivity index (χ3n) is 3.76. The van der Waals surface area contributed by atoms with Gasteiger partial charge in [0.1, 0.15) is 5.69 Å². The van der Waals surface area contributed by atoms with Crippen LogP contribution in [0.5, 0.6) is 0 Å². The largest absolute Gasteiger partial charge is 0.392 e. The number of rotatable bonds is 5. The van der Waals surface area contributed by atoms with Gasteiger partial charge < -0.3 is 10.4 Å². The standard InChI is InChI=1S/C18H18N4O2/c1-19-18(24)16-8-2-13(3-9-16)10-22-11-17(20-21-22)15-6-4-14(12-23)5-7-15/h2-9,11,23H,10,12H2,1H3,(H,19,24). The molecule has 0 fully saturated rings. The van der Waals surface area contributed by atoms with E-state index in [4.69, 9.17) is 5.11 Å². The molecule has 122 valence electrons. The highest BCUT2D eigenvalue weighted by molar-refractivity contribution is 5.93. The predicted molar refractivity (Wildman–Crippen MR) is 90.3 cm³/mol. The van der Waals surface area contributed by atoms with Gasteiger partial charge >= 0.3 is 0 Å². The minimum absolute atomic E-state index is 0.0268. The number of nitrogens with zero attached hydrogens (tertiary/aromatic N) is 3. The quantitative estimate of drug-likeness (QED) is 0.751. The van der Waals surface area contributed by atoms with Gasteiger partial charge in [-0.1, -0.05) is 41.6 Å². The average molecular weight is 322 g/mol. The molecule has 2 N–H and O–H groups in total. The van der Waals surface area contributed by atoms with Crippen LogP contribution in [0.3, 0.4) is 0 Å². The van der Waals surface area contributed by atoms with Crippen LogP contribution in [-0.4, -0.2) is 33.1 Å². The zero-order chi connectivity index (χ0) is 16.9. The van der Waals surface area contributed by atoms with Crippen molar-refractivity contribution >= 4 is 5.91 Å². The molecule has 6 heteroatoms. The maximum Gasteiger partial charge on any atom is 0.251 e. The van der Waals surface area contributed by atoms with E-state index in [1.54, 1.807) is 23.9 Å². The lowest BCUT2D eigenvalue weighted by Gasteiger charge is -2.03. The Kier molecular flexibility index (Phi) is 4.67. The molecule has 0 aliphatic carbocycles. The Bertz CT molecular complexity index is 823. The van der Waals surface area contributed by atoms with Gasteiger partial charge in [0.2, 0.25) is 0 Å². The highest BCUT2D eigenvalue weighted by atomic mass is 16.3. The maximum atomic E-state index is 11.5. The summed E-state index contributed by atoms with van der Waals surface area (Å²) in [5.74, 6) is -0.101. The zero-order valence-corrected chi connectivity index (χ0v) is 13.3. The Morgan fingerprint density at radius 1 is 1.08 bits per heavy atom. The third kappa shape index (κ3) is 3.49. The number of aliphatic hydroxyl groups excluding tert-OH is 1. The predicted octanol–water partition coefficient (Wildman–Crippen LogP) is 1.85. The van der Waals surface area contributed by atoms with Crippen molar-refractivity contribution in [1.82, 2.24) is 20.3 Å². The van der Waals surface area contributed by atoms with Crippen LogP contribution >= 0.6 is 0 Å². The molecule has 0 aliphatic heterocycles. The lowest BCUT2D eigenvalue weighted by Crippen LogP contribution is -2.17. The summed E-state index contributed by atoms with van der Waals surface area (Å²) in [7, 11) is 1.61. The van der Waals surface area contributed by atoms with Crippen molar-refractivity contribution in [2.75, 3.05) is 7.05 Å². The van der Waals surface area contributed by atoms with Crippen LogP contribution in [0, 0.1) is 0 Å². The second-order valence-corrected chi connectivity index (χ2v) is 5.43. The normalized spacial score (nSPS) is 10.6. The molecule has 0 spiro atoms. The molecular weight excluding hydrogens is 304 g/mol. The number of hydrogen-bond donors (Lipinski definition) is 2. The van der Waals surface area contributed by atoms with E-state index < -0.39 is 0 Å². The molecule has 0 saturated carbocycles. The molecule has 3 aromatic rings. The number of hydrogen-bond acceptors (Lipinski definition) is 4. The third-order valence-corrected chi connectivity index (χ3v) is 3.76. The minimum Gasteiger partial charge on any atom is -0.392 e. The molecule has 0 radical (unpaired) electrons. The number of benzene rings is 2. The Labute approximate surface area is 139 Å². The molecule has 1 aromatic heterocycles. The maximum absolute atomic E-state index is 11.5. The number of aliphatic hydroxyl groups is 1. The SMILES string of the molecule is CNC(=O)c1ccc(Cn2cc(-c3ccc(CO)cc3)nn2)cc1. The minimum atomic E-state index is -0.101. The molecule has 0 bridgehead atoms. The fraction of sp³-hybridized carbons (Fsp3) is 0.167. The van der Waals surface area contributed by atoms with E-state index in [0.717, 1.165) is 22.4 Å². The fourth-order valence-electron chi connectivity index (χ4n) is 2.38. The second kappa shape index (κ2) is 7.06. The van der Waals surface area contributed by atoms with E-state index in [1.807, 2.05) is 42.6 Å². The number of carbonyl (C=O) groups is 1. The number of aromatic nitrogens is 3. The Morgan fingerprint density at radius 3 is 2.38 bits per heavy atom. The summed E-state index contributed by atoms with van der Waals surface area (Å²) >= 11 is 0. The summed E-state index contributed by atoms with van der Waals surface area (Å²) in [4.78, 5) is 11.5. The van der Waals surface area contributed by atoms with Crippen LogP contribution < -0.4 is 5.32 Å². The van der Waals surface area contributed by atoms with E-state index in [9.17, 15) is 4.79 Å². The monoisotopic (exact) mass is 322 g/mol. The molecule has 24 heavy (non-hydrogen) atoms. The van der Waals surface area contributed by atoms with Crippen molar-refractivity contribution in [3.05, 3.63) is 71.4 Å². The molecule has 0 unspecified atom stereocenters. The van der Waals surface area contributed by atoms with Crippen LogP contribution in [0.25, 0.3) is 11.3 Å². The smallest absolute Gasteiger partial charge is 0.251 e. The van der Waals surface area contributed by atoms with Gasteiger partial charge in [-0.05, 0) is 23.3 Å². The number of nitrogens with one attached hydrogen (secondary N) is 1. The van der Waals surface area contributed by atoms with Gasteiger partial charge in [-0.3, -0.25) is 4.79 Å². The van der Waals surface area contributed by atoms with E-state index >= 15 is 0 Å². The molecule has 0 saturated heterocycles. The average Bonchev–Trinajstić information content (AvgIpc) is 3.10. The van der Waals surface area contributed by atoms with Crippen LogP contribution in [0.2, 0.25) is 0 Å². The summed E-state index contributed by atoms with van der Waals surface area (Å²) in [6.07, 6.45) is 1.88. The van der Waals surface area contributed by atoms with Crippen LogP contribution in [0.1, 0.15) is 21.5 Å². The van der Waals surface area contributed by atoms with E-state index in [0.29, 0.717) is 12.1 Å². The molecule has 6 nitrogen and oxygen atoms in total. The Morgan fingerprint density at radius 2 is 1.75 bits per heavy atom. The number of amides is 1. The van der Waals surface area contributed by atoms with Gasteiger partial charge in [0.25, 0.3) is 5.91 Å². The van der Waals surface area contributed by atoms with Crippen molar-refractivity contribution in [1.29, 1.82) is 0 Å². The molecule has 0 aliphatic rings. The lowest BCUT2D eigenvalue weighted by molar-refractivity contribution is 0.0963. The van der Waals surface area contributed by atoms with Crippen molar-refractivity contribution < 1.29 is 9.90 Å². The van der Waals surface area contributed by atoms with Crippen molar-refractivity contribution in [2.24, 2.45) is 0 Å². The van der Waals surface area contributed by atoms with Gasteiger partial charge in [-0.2, -0.15) is 0 Å². The van der Waals surface area contributed by atoms with Crippen LogP contribution in [-0.2, 0) is 13.2 Å². The molecule has 3 rings (SSSR count). The van der Waals surface area contributed by atoms with Crippen LogP contribution in [0.15, 0.2) is 54.7 Å². The first kappa shape index (κ1) is 15.9. The first-order valence-electron chi connectivity index (χ1n) is 7.61. The summed E-state index contributed by atoms with van der Waals surface area (Å²) in [5, 5.41) is 20.0. The van der Waals surface area contributed by atoms with E-state index in [-0.39, 0.29) is 12.5 Å². The lowest BCUT2D eigenvalue weighted by atomic mass is 10.1. The van der Waals surface area contributed by atoms with Gasteiger partial charge in [-0.15, -0.1) is 5.10 Å². The van der Waals surface area contributed by atoms with Gasteiger partial charge in [-0.25, -0.2) is 4.68 Å². The molecule has 1 amide bonds. The van der Waals surface area contributed by atoms with Crippen molar-refractivity contribution in [3.8, 4) is 11.3 Å². The van der Waals surface area contributed by atoms with Crippen molar-refractivity contribution in [2.45, 2.75) is 13.2 Å². The first-order valence-corrected chi connectivity index (χ1v) is 7.61. The Balaban J connectivity index is 1.72. The highest BCUT2D eigenvalue weighted by Crippen LogP contribution is 2.17.